The summed E-state index contributed by atoms with van der Waals surface area (Å²) < 4.78 is 0. The van der Waals surface area contributed by atoms with Crippen LogP contribution in [0.25, 0.3) is 0 Å². The van der Waals surface area contributed by atoms with Crippen molar-refractivity contribution >= 4 is 11.8 Å². The molecule has 0 aromatic carbocycles. The average molecular weight is 622 g/mol. The van der Waals surface area contributed by atoms with Gasteiger partial charge in [0.25, 0.3) is 0 Å². The molecule has 0 atom stereocenters. The Morgan fingerprint density at radius 1 is 0.409 bits per heavy atom. The third-order valence-electron chi connectivity index (χ3n) is 9.16. The molecule has 0 heterocycles. The number of amides is 2. The molecular formula is C39H79N3O2. The third kappa shape index (κ3) is 35.4. The molecule has 0 aliphatic heterocycles. The highest BCUT2D eigenvalue weighted by atomic mass is 16.2. The molecule has 5 nitrogen and oxygen atoms in total. The van der Waals surface area contributed by atoms with Crippen LogP contribution in [-0.4, -0.2) is 30.9 Å². The first-order valence-corrected chi connectivity index (χ1v) is 19.9. The van der Waals surface area contributed by atoms with Gasteiger partial charge in [-0.1, -0.05) is 168 Å². The van der Waals surface area contributed by atoms with Gasteiger partial charge in [-0.15, -0.1) is 0 Å². The van der Waals surface area contributed by atoms with Crippen LogP contribution in [0, 0.1) is 0 Å². The smallest absolute Gasteiger partial charge is 0.219 e. The van der Waals surface area contributed by atoms with E-state index in [2.05, 4.69) is 24.5 Å². The quantitative estimate of drug-likeness (QED) is 0.0608. The van der Waals surface area contributed by atoms with Crippen molar-refractivity contribution in [2.24, 2.45) is 5.73 Å². The number of hydrogen-bond acceptors (Lipinski definition) is 3. The van der Waals surface area contributed by atoms with E-state index in [0.29, 0.717) is 12.8 Å². The highest BCUT2D eigenvalue weighted by molar-refractivity contribution is 5.76. The maximum atomic E-state index is 12.1. The van der Waals surface area contributed by atoms with Gasteiger partial charge in [-0.25, -0.2) is 0 Å². The topological polar surface area (TPSA) is 84.2 Å². The van der Waals surface area contributed by atoms with E-state index in [4.69, 9.17) is 5.73 Å². The van der Waals surface area contributed by atoms with Crippen molar-refractivity contribution in [3.63, 3.8) is 0 Å². The van der Waals surface area contributed by atoms with Crippen molar-refractivity contribution in [3.8, 4) is 0 Å². The summed E-state index contributed by atoms with van der Waals surface area (Å²) in [5, 5.41) is 6.13. The van der Waals surface area contributed by atoms with E-state index in [1.54, 1.807) is 0 Å². The van der Waals surface area contributed by atoms with E-state index in [1.807, 2.05) is 0 Å². The molecular weight excluding hydrogens is 542 g/mol. The zero-order valence-electron chi connectivity index (χ0n) is 30.0. The standard InChI is InChI=1S/C39H79N3O2/c1-3-5-7-9-11-13-15-17-19-21-23-25-27-33-38(43)41-35-29-31-37(40)32-30-36-42-39(44)34-28-26-24-22-20-18-16-14-12-10-8-6-4-2/h37H,3-36,40H2,1-2H3,(H,41,43)(H,42,44). The first kappa shape index (κ1) is 42.9. The van der Waals surface area contributed by atoms with Gasteiger partial charge >= 0.3 is 0 Å². The molecule has 0 fully saturated rings. The molecule has 262 valence electrons. The minimum absolute atomic E-state index is 0.144. The number of carbonyl (C=O) groups excluding carboxylic acids is 2. The third-order valence-corrected chi connectivity index (χ3v) is 9.16. The van der Waals surface area contributed by atoms with Gasteiger partial charge < -0.3 is 16.4 Å². The fraction of sp³-hybridized carbons (Fsp3) is 0.949. The summed E-state index contributed by atoms with van der Waals surface area (Å²) in [6.45, 7) is 6.00. The maximum absolute atomic E-state index is 12.1. The predicted octanol–water partition coefficient (Wildman–Crippen LogP) is 11.1. The zero-order valence-corrected chi connectivity index (χ0v) is 30.0. The Balaban J connectivity index is 3.36. The van der Waals surface area contributed by atoms with Crippen molar-refractivity contribution in [2.45, 2.75) is 225 Å². The second kappa shape index (κ2) is 36.4. The Morgan fingerprint density at radius 2 is 0.659 bits per heavy atom. The molecule has 0 saturated heterocycles. The van der Waals surface area contributed by atoms with E-state index >= 15 is 0 Å². The first-order valence-electron chi connectivity index (χ1n) is 19.9. The number of nitrogens with one attached hydrogen (secondary N) is 2. The lowest BCUT2D eigenvalue weighted by molar-refractivity contribution is -0.122. The molecule has 0 saturated carbocycles. The van der Waals surface area contributed by atoms with Gasteiger partial charge in [0.1, 0.15) is 0 Å². The van der Waals surface area contributed by atoms with E-state index < -0.39 is 0 Å². The summed E-state index contributed by atoms with van der Waals surface area (Å²) >= 11 is 0. The predicted molar refractivity (Wildman–Crippen MR) is 193 cm³/mol. The van der Waals surface area contributed by atoms with Crippen LogP contribution in [0.15, 0.2) is 0 Å². The lowest BCUT2D eigenvalue weighted by Gasteiger charge is -2.12. The molecule has 0 aromatic rings. The molecule has 4 N–H and O–H groups in total. The number of unbranched alkanes of at least 4 members (excludes halogenated alkanes) is 24. The van der Waals surface area contributed by atoms with E-state index in [1.165, 1.54) is 154 Å². The van der Waals surface area contributed by atoms with Gasteiger partial charge in [0.05, 0.1) is 0 Å². The maximum Gasteiger partial charge on any atom is 0.219 e. The van der Waals surface area contributed by atoms with Crippen LogP contribution >= 0.6 is 0 Å². The largest absolute Gasteiger partial charge is 0.356 e. The minimum atomic E-state index is 0.144. The van der Waals surface area contributed by atoms with Crippen LogP contribution in [0.4, 0.5) is 0 Å². The summed E-state index contributed by atoms with van der Waals surface area (Å²) in [4.78, 5) is 24.2. The monoisotopic (exact) mass is 622 g/mol. The molecule has 0 spiro atoms. The molecule has 44 heavy (non-hydrogen) atoms. The molecule has 0 unspecified atom stereocenters. The van der Waals surface area contributed by atoms with Gasteiger partial charge in [0.15, 0.2) is 0 Å². The zero-order chi connectivity index (χ0) is 32.2. The Kier molecular flexibility index (Phi) is 35.5. The first-order chi connectivity index (χ1) is 21.6. The highest BCUT2D eigenvalue weighted by Gasteiger charge is 2.06. The Hall–Kier alpha value is -1.10. The van der Waals surface area contributed by atoms with Gasteiger partial charge in [-0.2, -0.15) is 0 Å². The van der Waals surface area contributed by atoms with Crippen LogP contribution < -0.4 is 16.4 Å². The molecule has 0 aliphatic carbocycles. The molecule has 2 amide bonds. The Bertz CT molecular complexity index is 548. The van der Waals surface area contributed by atoms with Crippen molar-refractivity contribution in [2.75, 3.05) is 13.1 Å². The Labute approximate surface area is 275 Å². The second-order valence-corrected chi connectivity index (χ2v) is 13.7. The van der Waals surface area contributed by atoms with E-state index in [0.717, 1.165) is 51.6 Å². The van der Waals surface area contributed by atoms with Crippen LogP contribution in [0.3, 0.4) is 0 Å². The normalized spacial score (nSPS) is 11.4. The van der Waals surface area contributed by atoms with Crippen molar-refractivity contribution < 1.29 is 9.59 Å². The highest BCUT2D eigenvalue weighted by Crippen LogP contribution is 2.14. The number of carbonyl (C=O) groups is 2. The number of rotatable bonds is 36. The number of hydrogen-bond donors (Lipinski definition) is 3. The summed E-state index contributed by atoms with van der Waals surface area (Å²) in [5.41, 5.74) is 6.26. The second-order valence-electron chi connectivity index (χ2n) is 13.7. The van der Waals surface area contributed by atoms with Gasteiger partial charge in [0, 0.05) is 32.0 Å². The SMILES string of the molecule is CCCCCCCCCCCCCCCC(=O)NCCCC(N)CCCNC(=O)CCCCCCCCCCCCCCC. The summed E-state index contributed by atoms with van der Waals surface area (Å²) in [5.74, 6) is 0.376. The van der Waals surface area contributed by atoms with Gasteiger partial charge in [-0.05, 0) is 38.5 Å². The van der Waals surface area contributed by atoms with E-state index in [-0.39, 0.29) is 17.9 Å². The van der Waals surface area contributed by atoms with Gasteiger partial charge in [0.2, 0.25) is 11.8 Å². The summed E-state index contributed by atoms with van der Waals surface area (Å²) in [6, 6.07) is 0.144. The van der Waals surface area contributed by atoms with Crippen LogP contribution in [0.5, 0.6) is 0 Å². The van der Waals surface area contributed by atoms with Crippen molar-refractivity contribution in [3.05, 3.63) is 0 Å². The number of nitrogens with two attached hydrogens (primary N) is 1. The average Bonchev–Trinajstić information content (AvgIpc) is 3.02. The van der Waals surface area contributed by atoms with Gasteiger partial charge in [-0.3, -0.25) is 9.59 Å². The molecule has 5 heteroatoms. The Morgan fingerprint density at radius 3 is 0.932 bits per heavy atom. The summed E-state index contributed by atoms with van der Waals surface area (Å²) in [6.07, 6.45) is 39.6. The van der Waals surface area contributed by atoms with Crippen LogP contribution in [0.2, 0.25) is 0 Å². The van der Waals surface area contributed by atoms with Crippen molar-refractivity contribution in [1.82, 2.24) is 10.6 Å². The molecule has 0 aromatic heterocycles. The molecule has 0 bridgehead atoms. The van der Waals surface area contributed by atoms with Crippen LogP contribution in [0.1, 0.15) is 219 Å². The fourth-order valence-corrected chi connectivity index (χ4v) is 6.11. The summed E-state index contributed by atoms with van der Waals surface area (Å²) in [7, 11) is 0. The fourth-order valence-electron chi connectivity index (χ4n) is 6.11. The molecule has 0 aliphatic rings. The van der Waals surface area contributed by atoms with Crippen molar-refractivity contribution in [1.29, 1.82) is 0 Å². The molecule has 0 radical (unpaired) electrons. The van der Waals surface area contributed by atoms with Crippen LogP contribution in [-0.2, 0) is 9.59 Å². The minimum Gasteiger partial charge on any atom is -0.356 e. The van der Waals surface area contributed by atoms with E-state index in [9.17, 15) is 9.59 Å². The molecule has 0 rings (SSSR count). The lowest BCUT2D eigenvalue weighted by atomic mass is 10.0. The lowest BCUT2D eigenvalue weighted by Crippen LogP contribution is -2.28.